The van der Waals surface area contributed by atoms with Gasteiger partial charge in [-0.1, -0.05) is 30.3 Å². The first-order valence-corrected chi connectivity index (χ1v) is 7.75. The molecular formula is C20H17NaO5. The molecule has 0 atom stereocenters. The number of aliphatic carboxylic acids is 1. The van der Waals surface area contributed by atoms with E-state index in [2.05, 4.69) is 0 Å². The maximum absolute atomic E-state index is 11.3. The molecule has 26 heavy (non-hydrogen) atoms. The summed E-state index contributed by atoms with van der Waals surface area (Å²) in [5, 5.41) is 10.9. The van der Waals surface area contributed by atoms with Gasteiger partial charge in [0.25, 0.3) is 5.78 Å². The molecule has 128 valence electrons. The average molecular weight is 360 g/mol. The van der Waals surface area contributed by atoms with Crippen molar-refractivity contribution in [1.82, 2.24) is 0 Å². The molecule has 0 spiro atoms. The standard InChI is InChI=1S/C20H16O5.Na.H/c21-19(20(22)23)15-6-8-17(9-7-15)24-11-12-25-18-10-5-14-3-1-2-4-16(14)13-18;;/h1-10,13H,11-12H2,(H,22,23);;/q;+1;-1. The third kappa shape index (κ3) is 5.08. The number of hydrogen-bond donors (Lipinski definition) is 1. The van der Waals surface area contributed by atoms with E-state index in [9.17, 15) is 9.59 Å². The quantitative estimate of drug-likeness (QED) is 0.290. The van der Waals surface area contributed by atoms with Crippen LogP contribution in [-0.4, -0.2) is 30.1 Å². The molecule has 0 bridgehead atoms. The molecule has 0 radical (unpaired) electrons. The van der Waals surface area contributed by atoms with E-state index >= 15 is 0 Å². The molecule has 5 nitrogen and oxygen atoms in total. The molecule has 0 amide bonds. The van der Waals surface area contributed by atoms with Crippen molar-refractivity contribution in [3.63, 3.8) is 0 Å². The molecule has 6 heteroatoms. The van der Waals surface area contributed by atoms with Gasteiger partial charge in [0.1, 0.15) is 24.7 Å². The molecule has 0 aliphatic carbocycles. The summed E-state index contributed by atoms with van der Waals surface area (Å²) in [5.74, 6) is -1.10. The van der Waals surface area contributed by atoms with Crippen LogP contribution >= 0.6 is 0 Å². The summed E-state index contributed by atoms with van der Waals surface area (Å²) in [6.45, 7) is 0.702. The molecule has 3 rings (SSSR count). The molecule has 0 heterocycles. The van der Waals surface area contributed by atoms with Gasteiger partial charge in [-0.2, -0.15) is 0 Å². The van der Waals surface area contributed by atoms with Crippen LogP contribution in [0.25, 0.3) is 10.8 Å². The number of hydrogen-bond acceptors (Lipinski definition) is 4. The summed E-state index contributed by atoms with van der Waals surface area (Å²) in [6.07, 6.45) is 0. The smallest absolute Gasteiger partial charge is 1.00 e. The first kappa shape index (κ1) is 20.0. The number of carboxylic acid groups (broad SMARTS) is 1. The van der Waals surface area contributed by atoms with E-state index in [-0.39, 0.29) is 36.5 Å². The Kier molecular flexibility index (Phi) is 7.21. The van der Waals surface area contributed by atoms with E-state index in [1.807, 2.05) is 42.5 Å². The van der Waals surface area contributed by atoms with Gasteiger partial charge >= 0.3 is 35.5 Å². The van der Waals surface area contributed by atoms with E-state index in [1.54, 1.807) is 12.1 Å². The number of carbonyl (C=O) groups is 2. The molecule has 0 aliphatic rings. The Morgan fingerprint density at radius 3 is 2.04 bits per heavy atom. The average Bonchev–Trinajstić information content (AvgIpc) is 2.65. The van der Waals surface area contributed by atoms with E-state index in [0.717, 1.165) is 16.5 Å². The van der Waals surface area contributed by atoms with Crippen LogP contribution in [0.5, 0.6) is 11.5 Å². The molecule has 0 saturated heterocycles. The second-order valence-corrected chi connectivity index (χ2v) is 5.36. The maximum atomic E-state index is 11.3. The van der Waals surface area contributed by atoms with Crippen molar-refractivity contribution >= 4 is 22.5 Å². The second-order valence-electron chi connectivity index (χ2n) is 5.36. The van der Waals surface area contributed by atoms with E-state index in [0.29, 0.717) is 19.0 Å². The second kappa shape index (κ2) is 9.38. The number of fused-ring (bicyclic) bond motifs is 1. The number of Topliss-reactive ketones (excluding diaryl/α,β-unsaturated/α-hetero) is 1. The van der Waals surface area contributed by atoms with Crippen molar-refractivity contribution in [3.05, 3.63) is 72.3 Å². The number of carbonyl (C=O) groups excluding carboxylic acids is 1. The molecule has 3 aromatic carbocycles. The third-order valence-corrected chi connectivity index (χ3v) is 3.65. The van der Waals surface area contributed by atoms with Crippen molar-refractivity contribution in [1.29, 1.82) is 0 Å². The van der Waals surface area contributed by atoms with Crippen LogP contribution in [0, 0.1) is 0 Å². The topological polar surface area (TPSA) is 72.8 Å². The predicted molar refractivity (Wildman–Crippen MR) is 94.5 cm³/mol. The van der Waals surface area contributed by atoms with Crippen LogP contribution in [0.1, 0.15) is 11.8 Å². The molecule has 0 fully saturated rings. The normalized spacial score (nSPS) is 10.0. The molecular weight excluding hydrogens is 343 g/mol. The van der Waals surface area contributed by atoms with E-state index < -0.39 is 11.8 Å². The van der Waals surface area contributed by atoms with Gasteiger partial charge in [0.2, 0.25) is 0 Å². The fraction of sp³-hybridized carbons (Fsp3) is 0.100. The van der Waals surface area contributed by atoms with Crippen molar-refractivity contribution in [2.75, 3.05) is 13.2 Å². The number of ketones is 1. The van der Waals surface area contributed by atoms with Crippen LogP contribution in [-0.2, 0) is 4.79 Å². The Morgan fingerprint density at radius 1 is 0.808 bits per heavy atom. The zero-order valence-electron chi connectivity index (χ0n) is 15.3. The monoisotopic (exact) mass is 360 g/mol. The molecule has 0 unspecified atom stereocenters. The molecule has 0 aliphatic heterocycles. The van der Waals surface area contributed by atoms with Gasteiger partial charge in [-0.3, -0.25) is 4.79 Å². The first-order chi connectivity index (χ1) is 12.1. The van der Waals surface area contributed by atoms with Crippen LogP contribution in [0.15, 0.2) is 66.7 Å². The summed E-state index contributed by atoms with van der Waals surface area (Å²) in [5.41, 5.74) is 0.118. The Balaban J connectivity index is 0.00000182. The SMILES string of the molecule is O=C(O)C(=O)c1ccc(OCCOc2ccc3ccccc3c2)cc1.[H-].[Na+]. The van der Waals surface area contributed by atoms with Crippen LogP contribution in [0.3, 0.4) is 0 Å². The number of carboxylic acids is 1. The number of benzene rings is 3. The first-order valence-electron chi connectivity index (χ1n) is 7.75. The van der Waals surface area contributed by atoms with Gasteiger partial charge in [-0.25, -0.2) is 4.79 Å². The molecule has 1 N–H and O–H groups in total. The summed E-state index contributed by atoms with van der Waals surface area (Å²) in [7, 11) is 0. The van der Waals surface area contributed by atoms with Crippen molar-refractivity contribution in [2.24, 2.45) is 0 Å². The Morgan fingerprint density at radius 2 is 1.38 bits per heavy atom. The van der Waals surface area contributed by atoms with Gasteiger partial charge in [0, 0.05) is 5.56 Å². The minimum Gasteiger partial charge on any atom is -1.00 e. The largest absolute Gasteiger partial charge is 1.00 e. The zero-order valence-corrected chi connectivity index (χ0v) is 16.3. The third-order valence-electron chi connectivity index (χ3n) is 3.65. The van der Waals surface area contributed by atoms with Crippen LogP contribution in [0.4, 0.5) is 0 Å². The summed E-state index contributed by atoms with van der Waals surface area (Å²) in [6, 6.07) is 19.9. The van der Waals surface area contributed by atoms with Crippen LogP contribution in [0.2, 0.25) is 0 Å². The maximum Gasteiger partial charge on any atom is 1.00 e. The number of ether oxygens (including phenoxy) is 2. The van der Waals surface area contributed by atoms with Gasteiger partial charge in [-0.05, 0) is 47.2 Å². The Labute approximate surface area is 174 Å². The summed E-state index contributed by atoms with van der Waals surface area (Å²) in [4.78, 5) is 21.9. The minimum absolute atomic E-state index is 0. The van der Waals surface area contributed by atoms with Crippen molar-refractivity contribution in [2.45, 2.75) is 0 Å². The fourth-order valence-corrected chi connectivity index (χ4v) is 2.40. The van der Waals surface area contributed by atoms with Crippen LogP contribution < -0.4 is 39.0 Å². The van der Waals surface area contributed by atoms with Gasteiger partial charge < -0.3 is 16.0 Å². The molecule has 0 saturated carbocycles. The van der Waals surface area contributed by atoms with E-state index in [4.69, 9.17) is 14.6 Å². The Hall–Kier alpha value is -2.34. The van der Waals surface area contributed by atoms with Gasteiger partial charge in [0.05, 0.1) is 0 Å². The zero-order chi connectivity index (χ0) is 17.6. The predicted octanol–water partition coefficient (Wildman–Crippen LogP) is 0.681. The van der Waals surface area contributed by atoms with Gasteiger partial charge in [0.15, 0.2) is 0 Å². The Bertz CT molecular complexity index is 912. The summed E-state index contributed by atoms with van der Waals surface area (Å²) >= 11 is 0. The minimum atomic E-state index is -1.47. The summed E-state index contributed by atoms with van der Waals surface area (Å²) < 4.78 is 11.2. The molecule has 0 aromatic heterocycles. The van der Waals surface area contributed by atoms with Gasteiger partial charge in [-0.15, -0.1) is 0 Å². The van der Waals surface area contributed by atoms with Crippen molar-refractivity contribution in [3.8, 4) is 11.5 Å². The number of rotatable bonds is 7. The van der Waals surface area contributed by atoms with E-state index in [1.165, 1.54) is 12.1 Å². The molecule has 3 aromatic rings. The fourth-order valence-electron chi connectivity index (χ4n) is 2.40. The van der Waals surface area contributed by atoms with Crippen molar-refractivity contribution < 1.29 is 55.2 Å².